The molecule has 0 atom stereocenters. The molecule has 1 aromatic heterocycles. The molecule has 2 N–H and O–H groups in total. The van der Waals surface area contributed by atoms with Crippen molar-refractivity contribution in [3.63, 3.8) is 0 Å². The van der Waals surface area contributed by atoms with E-state index in [4.69, 9.17) is 4.74 Å². The van der Waals surface area contributed by atoms with Crippen LogP contribution in [0.2, 0.25) is 0 Å². The van der Waals surface area contributed by atoms with Gasteiger partial charge in [0, 0.05) is 25.4 Å². The van der Waals surface area contributed by atoms with E-state index in [0.29, 0.717) is 19.0 Å². The van der Waals surface area contributed by atoms with Gasteiger partial charge in [-0.05, 0) is 42.7 Å². The number of hydrogen-bond donors (Lipinski definition) is 2. The number of guanidine groups is 1. The van der Waals surface area contributed by atoms with E-state index < -0.39 is 0 Å². The Morgan fingerprint density at radius 3 is 2.83 bits per heavy atom. The lowest BCUT2D eigenvalue weighted by molar-refractivity contribution is 0.397. The number of methoxy groups -OCH3 is 1. The van der Waals surface area contributed by atoms with E-state index in [0.717, 1.165) is 30.1 Å². The number of benzene rings is 1. The van der Waals surface area contributed by atoms with Crippen molar-refractivity contribution in [2.75, 3.05) is 20.2 Å². The highest BCUT2D eigenvalue weighted by Crippen LogP contribution is 2.09. The van der Waals surface area contributed by atoms with Crippen molar-refractivity contribution in [3.05, 3.63) is 59.5 Å². The summed E-state index contributed by atoms with van der Waals surface area (Å²) < 4.78 is 18.3. The normalized spacial score (nSPS) is 11.2. The van der Waals surface area contributed by atoms with E-state index in [1.54, 1.807) is 25.4 Å². The van der Waals surface area contributed by atoms with Gasteiger partial charge in [-0.25, -0.2) is 14.4 Å². The van der Waals surface area contributed by atoms with Crippen LogP contribution in [0.3, 0.4) is 0 Å². The summed E-state index contributed by atoms with van der Waals surface area (Å²) in [6.45, 7) is 3.98. The molecule has 1 aromatic carbocycles. The average molecular weight is 330 g/mol. The van der Waals surface area contributed by atoms with E-state index in [1.165, 1.54) is 6.07 Å². The lowest BCUT2D eigenvalue weighted by Gasteiger charge is -2.11. The fourth-order valence-electron chi connectivity index (χ4n) is 2.19. The van der Waals surface area contributed by atoms with Crippen molar-refractivity contribution >= 4 is 5.96 Å². The van der Waals surface area contributed by atoms with Crippen LogP contribution >= 0.6 is 0 Å². The zero-order chi connectivity index (χ0) is 17.2. The van der Waals surface area contributed by atoms with Gasteiger partial charge in [0.2, 0.25) is 5.88 Å². The molecule has 5 nitrogen and oxygen atoms in total. The maximum absolute atomic E-state index is 13.2. The fourth-order valence-corrected chi connectivity index (χ4v) is 2.19. The number of hydrogen-bond acceptors (Lipinski definition) is 3. The topological polar surface area (TPSA) is 58.5 Å². The van der Waals surface area contributed by atoms with E-state index in [2.05, 4.69) is 20.6 Å². The second kappa shape index (κ2) is 9.50. The molecule has 0 aliphatic rings. The number of ether oxygens (including phenoxy) is 1. The first-order chi connectivity index (χ1) is 11.7. The number of nitrogens with one attached hydrogen (secondary N) is 2. The van der Waals surface area contributed by atoms with E-state index in [1.807, 2.05) is 25.1 Å². The summed E-state index contributed by atoms with van der Waals surface area (Å²) in [6, 6.07) is 10.4. The minimum atomic E-state index is -0.209. The van der Waals surface area contributed by atoms with Crippen LogP contribution in [0.4, 0.5) is 4.39 Å². The van der Waals surface area contributed by atoms with Gasteiger partial charge in [0.15, 0.2) is 5.96 Å². The SMILES string of the molecule is CCNC(=NCc1ccnc(OC)c1)NCCc1cccc(F)c1. The third-order valence-electron chi connectivity index (χ3n) is 3.37. The summed E-state index contributed by atoms with van der Waals surface area (Å²) in [5.74, 6) is 1.09. The standard InChI is InChI=1S/C18H23FN4O/c1-3-20-18(22-10-7-14-5-4-6-16(19)11-14)23-13-15-8-9-21-17(12-15)24-2/h4-6,8-9,11-12H,3,7,10,13H2,1-2H3,(H2,20,22,23). The van der Waals surface area contributed by atoms with Crippen LogP contribution in [0.5, 0.6) is 5.88 Å². The van der Waals surface area contributed by atoms with E-state index in [-0.39, 0.29) is 5.82 Å². The lowest BCUT2D eigenvalue weighted by atomic mass is 10.1. The van der Waals surface area contributed by atoms with Crippen LogP contribution in [-0.4, -0.2) is 31.1 Å². The van der Waals surface area contributed by atoms with E-state index in [9.17, 15) is 4.39 Å². The summed E-state index contributed by atoms with van der Waals surface area (Å²) in [5, 5.41) is 6.45. The molecule has 0 saturated carbocycles. The highest BCUT2D eigenvalue weighted by molar-refractivity contribution is 5.79. The first kappa shape index (κ1) is 17.7. The fraction of sp³-hybridized carbons (Fsp3) is 0.333. The molecule has 24 heavy (non-hydrogen) atoms. The van der Waals surface area contributed by atoms with Crippen molar-refractivity contribution < 1.29 is 9.13 Å². The molecule has 2 aromatic rings. The van der Waals surface area contributed by atoms with Crippen LogP contribution in [-0.2, 0) is 13.0 Å². The molecule has 6 heteroatoms. The Hall–Kier alpha value is -2.63. The number of rotatable bonds is 7. The van der Waals surface area contributed by atoms with Gasteiger partial charge < -0.3 is 15.4 Å². The first-order valence-corrected chi connectivity index (χ1v) is 7.97. The molecule has 0 aliphatic heterocycles. The highest BCUT2D eigenvalue weighted by Gasteiger charge is 2.00. The Morgan fingerprint density at radius 2 is 2.08 bits per heavy atom. The van der Waals surface area contributed by atoms with E-state index >= 15 is 0 Å². The summed E-state index contributed by atoms with van der Waals surface area (Å²) in [7, 11) is 1.59. The summed E-state index contributed by atoms with van der Waals surface area (Å²) >= 11 is 0. The van der Waals surface area contributed by atoms with Crippen LogP contribution in [0.25, 0.3) is 0 Å². The Balaban J connectivity index is 1.90. The maximum Gasteiger partial charge on any atom is 0.213 e. The molecule has 1 heterocycles. The average Bonchev–Trinajstić information content (AvgIpc) is 2.60. The lowest BCUT2D eigenvalue weighted by Crippen LogP contribution is -2.38. The number of nitrogens with zero attached hydrogens (tertiary/aromatic N) is 2. The van der Waals surface area contributed by atoms with Gasteiger partial charge in [0.05, 0.1) is 13.7 Å². The molecule has 0 fully saturated rings. The largest absolute Gasteiger partial charge is 0.481 e. The quantitative estimate of drug-likeness (QED) is 0.605. The monoisotopic (exact) mass is 330 g/mol. The van der Waals surface area contributed by atoms with Crippen LogP contribution in [0.1, 0.15) is 18.1 Å². The molecule has 0 bridgehead atoms. The van der Waals surface area contributed by atoms with Gasteiger partial charge in [-0.15, -0.1) is 0 Å². The number of aliphatic imine (C=N–C) groups is 1. The molecule has 0 aliphatic carbocycles. The van der Waals surface area contributed by atoms with Crippen LogP contribution < -0.4 is 15.4 Å². The smallest absolute Gasteiger partial charge is 0.213 e. The Labute approximate surface area is 142 Å². The third kappa shape index (κ3) is 5.87. The van der Waals surface area contributed by atoms with Crippen molar-refractivity contribution in [3.8, 4) is 5.88 Å². The molecule has 0 spiro atoms. The number of aromatic nitrogens is 1. The maximum atomic E-state index is 13.2. The molecule has 0 amide bonds. The molecule has 0 unspecified atom stereocenters. The van der Waals surface area contributed by atoms with Gasteiger partial charge in [0.25, 0.3) is 0 Å². The molecule has 2 rings (SSSR count). The number of pyridine rings is 1. The van der Waals surface area contributed by atoms with Crippen LogP contribution in [0.15, 0.2) is 47.6 Å². The van der Waals surface area contributed by atoms with Crippen molar-refractivity contribution in [2.45, 2.75) is 19.9 Å². The first-order valence-electron chi connectivity index (χ1n) is 7.97. The molecule has 0 radical (unpaired) electrons. The van der Waals surface area contributed by atoms with Gasteiger partial charge in [-0.3, -0.25) is 0 Å². The van der Waals surface area contributed by atoms with Crippen molar-refractivity contribution in [1.82, 2.24) is 15.6 Å². The predicted octanol–water partition coefficient (Wildman–Crippen LogP) is 2.53. The molecule has 128 valence electrons. The molecule has 0 saturated heterocycles. The second-order valence-corrected chi connectivity index (χ2v) is 5.21. The Kier molecular flexibility index (Phi) is 7.01. The van der Waals surface area contributed by atoms with Gasteiger partial charge in [-0.2, -0.15) is 0 Å². The van der Waals surface area contributed by atoms with Gasteiger partial charge in [-0.1, -0.05) is 12.1 Å². The second-order valence-electron chi connectivity index (χ2n) is 5.21. The summed E-state index contributed by atoms with van der Waals surface area (Å²) in [6.07, 6.45) is 2.43. The van der Waals surface area contributed by atoms with Crippen molar-refractivity contribution in [1.29, 1.82) is 0 Å². The summed E-state index contributed by atoms with van der Waals surface area (Å²) in [4.78, 5) is 8.62. The highest BCUT2D eigenvalue weighted by atomic mass is 19.1. The Morgan fingerprint density at radius 1 is 1.21 bits per heavy atom. The summed E-state index contributed by atoms with van der Waals surface area (Å²) in [5.41, 5.74) is 1.97. The molecular formula is C18H23FN4O. The third-order valence-corrected chi connectivity index (χ3v) is 3.37. The zero-order valence-corrected chi connectivity index (χ0v) is 14.1. The van der Waals surface area contributed by atoms with Crippen molar-refractivity contribution in [2.24, 2.45) is 4.99 Å². The minimum Gasteiger partial charge on any atom is -0.481 e. The number of halogens is 1. The van der Waals surface area contributed by atoms with Gasteiger partial charge >= 0.3 is 0 Å². The molecular weight excluding hydrogens is 307 g/mol. The van der Waals surface area contributed by atoms with Crippen LogP contribution in [0, 0.1) is 5.82 Å². The minimum absolute atomic E-state index is 0.209. The predicted molar refractivity (Wildman–Crippen MR) is 93.7 cm³/mol. The van der Waals surface area contributed by atoms with Gasteiger partial charge in [0.1, 0.15) is 5.82 Å². The zero-order valence-electron chi connectivity index (χ0n) is 14.1. The Bertz CT molecular complexity index is 676.